The van der Waals surface area contributed by atoms with Crippen LogP contribution in [0, 0.1) is 6.92 Å². The zero-order valence-electron chi connectivity index (χ0n) is 13.6. The van der Waals surface area contributed by atoms with Crippen LogP contribution in [0.5, 0.6) is 5.75 Å². The highest BCUT2D eigenvalue weighted by Gasteiger charge is 2.08. The molecule has 0 spiro atoms. The van der Waals surface area contributed by atoms with Gasteiger partial charge in [0.2, 0.25) is 11.8 Å². The topological polar surface area (TPSA) is 79.8 Å². The normalized spacial score (nSPS) is 10.4. The van der Waals surface area contributed by atoms with Gasteiger partial charge in [0.1, 0.15) is 12.2 Å². The average Bonchev–Trinajstić information content (AvgIpc) is 2.57. The summed E-state index contributed by atoms with van der Waals surface area (Å²) in [5.74, 6) is -0.186. The molecular formula is C18H19N3O3. The van der Waals surface area contributed by atoms with Crippen LogP contribution in [0.25, 0.3) is 0 Å². The second kappa shape index (κ2) is 8.47. The highest BCUT2D eigenvalue weighted by atomic mass is 16.5. The molecule has 24 heavy (non-hydrogen) atoms. The zero-order valence-corrected chi connectivity index (χ0v) is 13.6. The minimum Gasteiger partial charge on any atom is -0.497 e. The highest BCUT2D eigenvalue weighted by molar-refractivity contribution is 6.03. The standard InChI is InChI=1S/C18H19N3O3/c1-13-6-8-15(9-7-13)20-17(22)11-18(23)21-19-12-14-4-3-5-16(10-14)24-2/h3-10,12H,11H2,1-2H3,(H,20,22)(H,21,23). The summed E-state index contributed by atoms with van der Waals surface area (Å²) in [7, 11) is 1.57. The Morgan fingerprint density at radius 3 is 2.58 bits per heavy atom. The number of amides is 2. The van der Waals surface area contributed by atoms with E-state index in [4.69, 9.17) is 4.74 Å². The number of rotatable bonds is 6. The van der Waals surface area contributed by atoms with Crippen LogP contribution in [-0.2, 0) is 9.59 Å². The molecule has 0 unspecified atom stereocenters. The molecule has 2 rings (SSSR count). The van der Waals surface area contributed by atoms with Crippen molar-refractivity contribution in [2.24, 2.45) is 5.10 Å². The van der Waals surface area contributed by atoms with Crippen LogP contribution >= 0.6 is 0 Å². The number of anilines is 1. The number of nitrogens with one attached hydrogen (secondary N) is 2. The van der Waals surface area contributed by atoms with Crippen molar-refractivity contribution >= 4 is 23.7 Å². The Kier molecular flexibility index (Phi) is 6.08. The molecule has 2 aromatic rings. The highest BCUT2D eigenvalue weighted by Crippen LogP contribution is 2.11. The maximum Gasteiger partial charge on any atom is 0.249 e. The summed E-state index contributed by atoms with van der Waals surface area (Å²) in [4.78, 5) is 23.5. The lowest BCUT2D eigenvalue weighted by atomic mass is 10.2. The third-order valence-corrected chi connectivity index (χ3v) is 3.15. The molecule has 0 bridgehead atoms. The van der Waals surface area contributed by atoms with Crippen molar-refractivity contribution < 1.29 is 14.3 Å². The van der Waals surface area contributed by atoms with Crippen molar-refractivity contribution in [1.29, 1.82) is 0 Å². The van der Waals surface area contributed by atoms with Crippen LogP contribution in [0.3, 0.4) is 0 Å². The third kappa shape index (κ3) is 5.57. The van der Waals surface area contributed by atoms with E-state index in [1.807, 2.05) is 37.3 Å². The van der Waals surface area contributed by atoms with E-state index in [1.165, 1.54) is 6.21 Å². The average molecular weight is 325 g/mol. The van der Waals surface area contributed by atoms with Gasteiger partial charge in [-0.1, -0.05) is 29.8 Å². The molecule has 0 saturated heterocycles. The summed E-state index contributed by atoms with van der Waals surface area (Å²) in [5, 5.41) is 6.48. The van der Waals surface area contributed by atoms with E-state index in [9.17, 15) is 9.59 Å². The summed E-state index contributed by atoms with van der Waals surface area (Å²) in [6.45, 7) is 1.96. The molecule has 124 valence electrons. The van der Waals surface area contributed by atoms with Crippen molar-refractivity contribution in [3.05, 3.63) is 59.7 Å². The van der Waals surface area contributed by atoms with E-state index in [-0.39, 0.29) is 6.42 Å². The lowest BCUT2D eigenvalue weighted by Gasteiger charge is -2.05. The Hall–Kier alpha value is -3.15. The fourth-order valence-electron chi connectivity index (χ4n) is 1.93. The lowest BCUT2D eigenvalue weighted by Crippen LogP contribution is -2.24. The molecule has 0 fully saturated rings. The minimum atomic E-state index is -0.487. The molecule has 0 saturated carbocycles. The van der Waals surface area contributed by atoms with Gasteiger partial charge in [0.25, 0.3) is 0 Å². The van der Waals surface area contributed by atoms with E-state index >= 15 is 0 Å². The van der Waals surface area contributed by atoms with Gasteiger partial charge in [-0.05, 0) is 36.8 Å². The number of ether oxygens (including phenoxy) is 1. The molecule has 0 aliphatic heterocycles. The summed E-state index contributed by atoms with van der Waals surface area (Å²) >= 11 is 0. The Morgan fingerprint density at radius 2 is 1.88 bits per heavy atom. The first-order valence-corrected chi connectivity index (χ1v) is 7.39. The third-order valence-electron chi connectivity index (χ3n) is 3.15. The van der Waals surface area contributed by atoms with Crippen molar-refractivity contribution in [2.75, 3.05) is 12.4 Å². The first kappa shape index (κ1) is 17.2. The summed E-state index contributed by atoms with van der Waals surface area (Å²) in [6, 6.07) is 14.6. The molecule has 6 heteroatoms. The van der Waals surface area contributed by atoms with Crippen molar-refractivity contribution in [1.82, 2.24) is 5.43 Å². The second-order valence-corrected chi connectivity index (χ2v) is 5.16. The number of nitrogens with zero attached hydrogens (tertiary/aromatic N) is 1. The number of carbonyl (C=O) groups is 2. The fourth-order valence-corrected chi connectivity index (χ4v) is 1.93. The maximum absolute atomic E-state index is 11.8. The number of hydrogen-bond acceptors (Lipinski definition) is 4. The fraction of sp³-hybridized carbons (Fsp3) is 0.167. The van der Waals surface area contributed by atoms with Gasteiger partial charge in [-0.15, -0.1) is 0 Å². The molecule has 2 aromatic carbocycles. The van der Waals surface area contributed by atoms with Crippen LogP contribution < -0.4 is 15.5 Å². The van der Waals surface area contributed by atoms with Crippen LogP contribution in [0.2, 0.25) is 0 Å². The van der Waals surface area contributed by atoms with Crippen LogP contribution in [0.15, 0.2) is 53.6 Å². The monoisotopic (exact) mass is 325 g/mol. The Balaban J connectivity index is 1.80. The molecule has 0 aromatic heterocycles. The SMILES string of the molecule is COc1cccc(C=NNC(=O)CC(=O)Nc2ccc(C)cc2)c1. The molecule has 6 nitrogen and oxygen atoms in total. The summed E-state index contributed by atoms with van der Waals surface area (Å²) < 4.78 is 5.10. The van der Waals surface area contributed by atoms with Gasteiger partial charge < -0.3 is 10.1 Å². The number of hydrogen-bond donors (Lipinski definition) is 2. The molecule has 0 atom stereocenters. The number of methoxy groups -OCH3 is 1. The van der Waals surface area contributed by atoms with Gasteiger partial charge in [0, 0.05) is 5.69 Å². The van der Waals surface area contributed by atoms with Gasteiger partial charge >= 0.3 is 0 Å². The van der Waals surface area contributed by atoms with Gasteiger partial charge in [-0.2, -0.15) is 5.10 Å². The van der Waals surface area contributed by atoms with Crippen molar-refractivity contribution in [3.63, 3.8) is 0 Å². The zero-order chi connectivity index (χ0) is 17.4. The van der Waals surface area contributed by atoms with E-state index in [0.717, 1.165) is 11.1 Å². The lowest BCUT2D eigenvalue weighted by molar-refractivity contribution is -0.126. The molecule has 0 heterocycles. The first-order valence-electron chi connectivity index (χ1n) is 7.39. The van der Waals surface area contributed by atoms with E-state index < -0.39 is 11.8 Å². The predicted molar refractivity (Wildman–Crippen MR) is 93.2 cm³/mol. The van der Waals surface area contributed by atoms with E-state index in [0.29, 0.717) is 11.4 Å². The number of benzene rings is 2. The van der Waals surface area contributed by atoms with E-state index in [1.54, 1.807) is 25.3 Å². The largest absolute Gasteiger partial charge is 0.497 e. The summed E-state index contributed by atoms with van der Waals surface area (Å²) in [5.41, 5.74) is 4.85. The summed E-state index contributed by atoms with van der Waals surface area (Å²) in [6.07, 6.45) is 1.18. The molecule has 2 amide bonds. The predicted octanol–water partition coefficient (Wildman–Crippen LogP) is 2.48. The van der Waals surface area contributed by atoms with Gasteiger partial charge in [0.15, 0.2) is 0 Å². The Morgan fingerprint density at radius 1 is 1.12 bits per heavy atom. The molecule has 2 N–H and O–H groups in total. The minimum absolute atomic E-state index is 0.302. The Bertz CT molecular complexity index is 739. The maximum atomic E-state index is 11.8. The smallest absolute Gasteiger partial charge is 0.249 e. The van der Waals surface area contributed by atoms with Crippen LogP contribution in [-0.4, -0.2) is 25.1 Å². The van der Waals surface area contributed by atoms with Gasteiger partial charge in [0.05, 0.1) is 13.3 Å². The van der Waals surface area contributed by atoms with Gasteiger partial charge in [-0.3, -0.25) is 9.59 Å². The number of hydrazone groups is 1. The molecular weight excluding hydrogens is 306 g/mol. The van der Waals surface area contributed by atoms with E-state index in [2.05, 4.69) is 15.8 Å². The van der Waals surface area contributed by atoms with Gasteiger partial charge in [-0.25, -0.2) is 5.43 Å². The van der Waals surface area contributed by atoms with Crippen molar-refractivity contribution in [2.45, 2.75) is 13.3 Å². The van der Waals surface area contributed by atoms with Crippen molar-refractivity contribution in [3.8, 4) is 5.75 Å². The molecule has 0 aliphatic rings. The quantitative estimate of drug-likeness (QED) is 0.486. The molecule has 0 radical (unpaired) electrons. The number of carbonyl (C=O) groups excluding carboxylic acids is 2. The second-order valence-electron chi connectivity index (χ2n) is 5.16. The van der Waals surface area contributed by atoms with Crippen LogP contribution in [0.4, 0.5) is 5.69 Å². The number of aryl methyl sites for hydroxylation is 1. The first-order chi connectivity index (χ1) is 11.6. The molecule has 0 aliphatic carbocycles. The Labute approximate surface area is 140 Å². The van der Waals surface area contributed by atoms with Crippen LogP contribution in [0.1, 0.15) is 17.5 Å².